The molecule has 1 aromatic rings. The average molecular weight is 178 g/mol. The molecule has 0 radical (unpaired) electrons. The predicted molar refractivity (Wildman–Crippen MR) is 48.2 cm³/mol. The zero-order chi connectivity index (χ0) is 9.52. The van der Waals surface area contributed by atoms with Gasteiger partial charge in [-0.1, -0.05) is 18.2 Å². The molecule has 0 spiro atoms. The lowest BCUT2D eigenvalue weighted by Crippen LogP contribution is -2.03. The van der Waals surface area contributed by atoms with Crippen LogP contribution < -0.4 is 4.74 Å². The van der Waals surface area contributed by atoms with Gasteiger partial charge in [-0.15, -0.1) is 0 Å². The van der Waals surface area contributed by atoms with Crippen LogP contribution in [0.3, 0.4) is 0 Å². The lowest BCUT2D eigenvalue weighted by atomic mass is 10.3. The largest absolute Gasteiger partial charge is 0.504 e. The molecule has 1 rings (SSSR count). The molecule has 3 heteroatoms. The minimum absolute atomic E-state index is 0.451. The molecule has 0 fully saturated rings. The monoisotopic (exact) mass is 178 g/mol. The van der Waals surface area contributed by atoms with E-state index in [1.807, 2.05) is 6.07 Å². The number of hydrogen-bond acceptors (Lipinski definition) is 3. The van der Waals surface area contributed by atoms with Crippen molar-refractivity contribution in [3.05, 3.63) is 42.7 Å². The first-order valence-electron chi connectivity index (χ1n) is 3.79. The van der Waals surface area contributed by atoms with E-state index in [1.54, 1.807) is 24.3 Å². The Kier molecular flexibility index (Phi) is 3.57. The fraction of sp³-hybridized carbons (Fsp3) is 0.100. The first kappa shape index (κ1) is 9.32. The quantitative estimate of drug-likeness (QED) is 0.306. The van der Waals surface area contributed by atoms with Crippen molar-refractivity contribution in [2.24, 2.45) is 0 Å². The molecule has 0 aliphatic carbocycles. The molecule has 0 unspecified atom stereocenters. The highest BCUT2D eigenvalue weighted by molar-refractivity contribution is 5.83. The number of carbonyl (C=O) groups excluding carboxylic acids is 1. The van der Waals surface area contributed by atoms with Gasteiger partial charge in [-0.05, 0) is 12.1 Å². The average Bonchev–Trinajstić information content (AvgIpc) is 2.16. The molecule has 0 heterocycles. The van der Waals surface area contributed by atoms with Gasteiger partial charge in [0.05, 0.1) is 19.4 Å². The molecular weight excluding hydrogens is 168 g/mol. The van der Waals surface area contributed by atoms with E-state index in [0.29, 0.717) is 5.75 Å². The number of methoxy groups -OCH3 is 1. The highest BCUT2D eigenvalue weighted by atomic mass is 16.5. The smallest absolute Gasteiger partial charge is 0.339 e. The fourth-order valence-electron chi connectivity index (χ4n) is 0.762. The summed E-state index contributed by atoms with van der Waals surface area (Å²) in [6, 6.07) is 8.85. The molecule has 0 aliphatic heterocycles. The van der Waals surface area contributed by atoms with E-state index in [1.165, 1.54) is 19.4 Å². The number of ether oxygens (including phenoxy) is 2. The van der Waals surface area contributed by atoms with Gasteiger partial charge in [0, 0.05) is 0 Å². The summed E-state index contributed by atoms with van der Waals surface area (Å²) in [5.74, 6) is 0.0707. The Morgan fingerprint density at radius 3 is 2.62 bits per heavy atom. The van der Waals surface area contributed by atoms with Crippen LogP contribution in [0.4, 0.5) is 0 Å². The van der Waals surface area contributed by atoms with Crippen LogP contribution in [0.1, 0.15) is 0 Å². The number of esters is 1. The van der Waals surface area contributed by atoms with Crippen molar-refractivity contribution in [1.29, 1.82) is 0 Å². The van der Waals surface area contributed by atoms with Gasteiger partial charge in [0.15, 0.2) is 0 Å². The van der Waals surface area contributed by atoms with E-state index in [9.17, 15) is 4.79 Å². The third-order valence-electron chi connectivity index (χ3n) is 1.30. The lowest BCUT2D eigenvalue weighted by Gasteiger charge is -1.98. The number of rotatable bonds is 3. The molecule has 0 saturated heterocycles. The van der Waals surface area contributed by atoms with E-state index in [0.717, 1.165) is 0 Å². The van der Waals surface area contributed by atoms with Gasteiger partial charge in [0.25, 0.3) is 0 Å². The second-order valence-corrected chi connectivity index (χ2v) is 2.27. The second-order valence-electron chi connectivity index (χ2n) is 2.27. The molecule has 0 saturated carbocycles. The maximum absolute atomic E-state index is 11.0. The molecule has 0 N–H and O–H groups in total. The molecule has 0 aromatic heterocycles. The lowest BCUT2D eigenvalue weighted by molar-refractivity contribution is -0.129. The third-order valence-corrected chi connectivity index (χ3v) is 1.30. The minimum atomic E-state index is -0.451. The molecule has 0 aliphatic rings. The van der Waals surface area contributed by atoms with Gasteiger partial charge in [-0.3, -0.25) is 0 Å². The summed E-state index contributed by atoms with van der Waals surface area (Å²) in [4.78, 5) is 11.0. The van der Waals surface area contributed by atoms with Gasteiger partial charge in [0.1, 0.15) is 5.75 Å². The van der Waals surface area contributed by atoms with E-state index in [-0.39, 0.29) is 0 Å². The van der Waals surface area contributed by atoms with Crippen molar-refractivity contribution in [1.82, 2.24) is 0 Å². The molecule has 0 bridgehead atoms. The van der Waals surface area contributed by atoms with Crippen LogP contribution in [0, 0.1) is 0 Å². The Hall–Kier alpha value is -1.77. The Morgan fingerprint density at radius 2 is 2.00 bits per heavy atom. The summed E-state index contributed by atoms with van der Waals surface area (Å²) in [6.07, 6.45) is 2.48. The van der Waals surface area contributed by atoms with Crippen molar-refractivity contribution in [2.75, 3.05) is 7.11 Å². The van der Waals surface area contributed by atoms with Crippen LogP contribution in [0.2, 0.25) is 0 Å². The van der Waals surface area contributed by atoms with E-state index in [2.05, 4.69) is 4.74 Å². The van der Waals surface area contributed by atoms with Gasteiger partial charge in [-0.2, -0.15) is 0 Å². The molecule has 3 nitrogen and oxygen atoms in total. The summed E-state index contributed by atoms with van der Waals surface area (Å²) in [7, 11) is 1.46. The predicted octanol–water partition coefficient (Wildman–Crippen LogP) is 1.75. The summed E-state index contributed by atoms with van der Waals surface area (Å²) >= 11 is 0. The first-order valence-corrected chi connectivity index (χ1v) is 3.79. The number of carbonyl (C=O) groups is 1. The first-order chi connectivity index (χ1) is 6.33. The van der Waals surface area contributed by atoms with Gasteiger partial charge < -0.3 is 9.47 Å². The summed E-state index contributed by atoms with van der Waals surface area (Å²) in [5.41, 5.74) is 0. The molecule has 68 valence electrons. The minimum Gasteiger partial charge on any atom is -0.504 e. The number of benzene rings is 1. The zero-order valence-electron chi connectivity index (χ0n) is 7.27. The van der Waals surface area contributed by atoms with Crippen molar-refractivity contribution < 1.29 is 14.3 Å². The van der Waals surface area contributed by atoms with Crippen molar-refractivity contribution in [3.8, 4) is 5.75 Å². The number of para-hydroxylation sites is 1. The maximum Gasteiger partial charge on any atom is 0.339 e. The molecule has 13 heavy (non-hydrogen) atoms. The van der Waals surface area contributed by atoms with Gasteiger partial charge in [-0.25, -0.2) is 4.79 Å². The van der Waals surface area contributed by atoms with Gasteiger partial charge >= 0.3 is 5.97 Å². The van der Waals surface area contributed by atoms with Crippen LogP contribution in [-0.2, 0) is 9.53 Å². The standard InChI is InChI=1S/C10H10O3/c1-12-8-7-10(11)13-9-5-3-2-4-6-9/h2-8H,1H3. The van der Waals surface area contributed by atoms with Crippen molar-refractivity contribution >= 4 is 5.97 Å². The normalized spacial score (nSPS) is 9.92. The summed E-state index contributed by atoms with van der Waals surface area (Å²) in [5, 5.41) is 0. The van der Waals surface area contributed by atoms with E-state index < -0.39 is 5.97 Å². The van der Waals surface area contributed by atoms with Gasteiger partial charge in [0.2, 0.25) is 0 Å². The number of hydrogen-bond donors (Lipinski definition) is 0. The maximum atomic E-state index is 11.0. The van der Waals surface area contributed by atoms with E-state index in [4.69, 9.17) is 4.74 Å². The molecule has 0 amide bonds. The Morgan fingerprint density at radius 1 is 1.31 bits per heavy atom. The van der Waals surface area contributed by atoms with Crippen molar-refractivity contribution in [2.45, 2.75) is 0 Å². The topological polar surface area (TPSA) is 35.5 Å². The van der Waals surface area contributed by atoms with E-state index >= 15 is 0 Å². The Bertz CT molecular complexity index is 290. The fourth-order valence-corrected chi connectivity index (χ4v) is 0.762. The molecule has 0 atom stereocenters. The molecular formula is C10H10O3. The van der Waals surface area contributed by atoms with Crippen LogP contribution in [0.5, 0.6) is 5.75 Å². The highest BCUT2D eigenvalue weighted by Gasteiger charge is 1.97. The SMILES string of the molecule is COC=CC(=O)Oc1ccccc1. The Labute approximate surface area is 76.6 Å². The van der Waals surface area contributed by atoms with Crippen LogP contribution in [-0.4, -0.2) is 13.1 Å². The molecule has 1 aromatic carbocycles. The summed E-state index contributed by atoms with van der Waals surface area (Å²) < 4.78 is 9.48. The third kappa shape index (κ3) is 3.42. The highest BCUT2D eigenvalue weighted by Crippen LogP contribution is 2.08. The summed E-state index contributed by atoms with van der Waals surface area (Å²) in [6.45, 7) is 0. The van der Waals surface area contributed by atoms with Crippen LogP contribution in [0.25, 0.3) is 0 Å². The Balaban J connectivity index is 2.50. The van der Waals surface area contributed by atoms with Crippen molar-refractivity contribution in [3.63, 3.8) is 0 Å². The van der Waals surface area contributed by atoms with Crippen LogP contribution in [0.15, 0.2) is 42.7 Å². The van der Waals surface area contributed by atoms with Crippen LogP contribution >= 0.6 is 0 Å². The second kappa shape index (κ2) is 4.98. The zero-order valence-corrected chi connectivity index (χ0v) is 7.27.